The molecule has 1 N–H and O–H groups in total. The normalized spacial score (nSPS) is 12.8. The van der Waals surface area contributed by atoms with E-state index in [0.29, 0.717) is 28.1 Å². The molecule has 1 aromatic heterocycles. The number of aromatic nitrogens is 1. The predicted octanol–water partition coefficient (Wildman–Crippen LogP) is 4.15. The first kappa shape index (κ1) is 20.1. The van der Waals surface area contributed by atoms with Crippen LogP contribution < -0.4 is 14.8 Å². The topological polar surface area (TPSA) is 86.6 Å². The Kier molecular flexibility index (Phi) is 4.86. The fourth-order valence-corrected chi connectivity index (χ4v) is 5.21. The molecular formula is C24H20N2O5S. The lowest BCUT2D eigenvalue weighted by Crippen LogP contribution is -2.18. The van der Waals surface area contributed by atoms with Crippen LogP contribution in [0.2, 0.25) is 0 Å². The van der Waals surface area contributed by atoms with E-state index in [-0.39, 0.29) is 29.0 Å². The van der Waals surface area contributed by atoms with Gasteiger partial charge in [0.15, 0.2) is 11.5 Å². The molecular weight excluding hydrogens is 428 g/mol. The quantitative estimate of drug-likeness (QED) is 0.496. The summed E-state index contributed by atoms with van der Waals surface area (Å²) in [4.78, 5) is 13.1. The highest BCUT2D eigenvalue weighted by atomic mass is 32.2. The van der Waals surface area contributed by atoms with E-state index in [1.807, 2.05) is 13.0 Å². The lowest BCUT2D eigenvalue weighted by Gasteiger charge is -2.08. The Balaban J connectivity index is 1.46. The number of carbonyl (C=O) groups is 1. The molecule has 0 aliphatic carbocycles. The average Bonchev–Trinajstić information content (AvgIpc) is 3.39. The number of aryl methyl sites for hydroxylation is 1. The van der Waals surface area contributed by atoms with Gasteiger partial charge in [0.1, 0.15) is 6.54 Å². The third-order valence-corrected chi connectivity index (χ3v) is 7.14. The first-order valence-electron chi connectivity index (χ1n) is 10.0. The fraction of sp³-hybridized carbons (Fsp3) is 0.125. The van der Waals surface area contributed by atoms with Crippen LogP contribution >= 0.6 is 0 Å². The standard InChI is InChI=1S/C24H20N2O5S/c1-16-6-9-18(10-7-16)32(28,29)23-13-26(20-5-3-2-4-19(20)23)14-24(27)25-17-8-11-21-22(12-17)31-15-30-21/h2-13H,14-15H2,1H3,(H,25,27). The second-order valence-electron chi connectivity index (χ2n) is 7.57. The number of fused-ring (bicyclic) bond motifs is 2. The molecule has 0 radical (unpaired) electrons. The van der Waals surface area contributed by atoms with E-state index >= 15 is 0 Å². The predicted molar refractivity (Wildman–Crippen MR) is 120 cm³/mol. The SMILES string of the molecule is Cc1ccc(S(=O)(=O)c2cn(CC(=O)Nc3ccc4c(c3)OCO4)c3ccccc23)cc1. The first-order valence-corrected chi connectivity index (χ1v) is 11.5. The smallest absolute Gasteiger partial charge is 0.244 e. The van der Waals surface area contributed by atoms with Gasteiger partial charge in [-0.2, -0.15) is 0 Å². The Morgan fingerprint density at radius 2 is 1.75 bits per heavy atom. The summed E-state index contributed by atoms with van der Waals surface area (Å²) in [5, 5.41) is 3.40. The van der Waals surface area contributed by atoms with Gasteiger partial charge < -0.3 is 19.4 Å². The molecule has 1 aliphatic rings. The molecule has 8 heteroatoms. The van der Waals surface area contributed by atoms with Crippen molar-refractivity contribution in [2.75, 3.05) is 12.1 Å². The molecule has 32 heavy (non-hydrogen) atoms. The molecule has 162 valence electrons. The van der Waals surface area contributed by atoms with E-state index in [2.05, 4.69) is 5.32 Å². The molecule has 0 saturated heterocycles. The van der Waals surface area contributed by atoms with Crippen molar-refractivity contribution in [3.63, 3.8) is 0 Å². The number of ether oxygens (including phenoxy) is 2. The van der Waals surface area contributed by atoms with Crippen molar-refractivity contribution in [3.05, 3.63) is 78.5 Å². The van der Waals surface area contributed by atoms with E-state index in [1.165, 1.54) is 6.20 Å². The summed E-state index contributed by atoms with van der Waals surface area (Å²) >= 11 is 0. The molecule has 0 saturated carbocycles. The molecule has 0 fully saturated rings. The maximum absolute atomic E-state index is 13.3. The van der Waals surface area contributed by atoms with Gasteiger partial charge in [-0.3, -0.25) is 4.79 Å². The van der Waals surface area contributed by atoms with Gasteiger partial charge in [0, 0.05) is 28.9 Å². The van der Waals surface area contributed by atoms with Crippen LogP contribution in [0, 0.1) is 6.92 Å². The Bertz CT molecular complexity index is 1440. The third-order valence-electron chi connectivity index (χ3n) is 5.34. The Hall–Kier alpha value is -3.78. The minimum Gasteiger partial charge on any atom is -0.454 e. The summed E-state index contributed by atoms with van der Waals surface area (Å²) < 4.78 is 38.9. The molecule has 0 unspecified atom stereocenters. The second-order valence-corrected chi connectivity index (χ2v) is 9.49. The first-order chi connectivity index (χ1) is 15.4. The zero-order valence-electron chi connectivity index (χ0n) is 17.2. The van der Waals surface area contributed by atoms with Crippen molar-refractivity contribution in [1.29, 1.82) is 0 Å². The molecule has 0 bridgehead atoms. The number of hydrogen-bond donors (Lipinski definition) is 1. The van der Waals surface area contributed by atoms with Crippen molar-refractivity contribution in [3.8, 4) is 11.5 Å². The summed E-state index contributed by atoms with van der Waals surface area (Å²) in [6.45, 7) is 2.01. The molecule has 7 nitrogen and oxygen atoms in total. The monoisotopic (exact) mass is 448 g/mol. The van der Waals surface area contributed by atoms with Crippen molar-refractivity contribution >= 4 is 32.3 Å². The highest BCUT2D eigenvalue weighted by Crippen LogP contribution is 2.34. The van der Waals surface area contributed by atoms with Gasteiger partial charge in [-0.05, 0) is 37.3 Å². The Morgan fingerprint density at radius 3 is 2.56 bits per heavy atom. The van der Waals surface area contributed by atoms with Crippen LogP contribution in [0.25, 0.3) is 10.9 Å². The lowest BCUT2D eigenvalue weighted by molar-refractivity contribution is -0.116. The number of sulfone groups is 1. The number of rotatable bonds is 5. The Labute approximate surface area is 185 Å². The maximum Gasteiger partial charge on any atom is 0.244 e. The summed E-state index contributed by atoms with van der Waals surface area (Å²) in [5.74, 6) is 0.912. The van der Waals surface area contributed by atoms with Crippen molar-refractivity contribution < 1.29 is 22.7 Å². The number of hydrogen-bond acceptors (Lipinski definition) is 5. The Morgan fingerprint density at radius 1 is 1.00 bits per heavy atom. The number of nitrogens with one attached hydrogen (secondary N) is 1. The largest absolute Gasteiger partial charge is 0.454 e. The van der Waals surface area contributed by atoms with Gasteiger partial charge >= 0.3 is 0 Å². The molecule has 2 heterocycles. The van der Waals surface area contributed by atoms with Crippen LogP contribution in [-0.4, -0.2) is 25.7 Å². The van der Waals surface area contributed by atoms with Gasteiger partial charge in [-0.1, -0.05) is 35.9 Å². The molecule has 1 amide bonds. The van der Waals surface area contributed by atoms with Gasteiger partial charge in [0.05, 0.1) is 9.79 Å². The van der Waals surface area contributed by atoms with Crippen LogP contribution in [0.4, 0.5) is 5.69 Å². The van der Waals surface area contributed by atoms with Gasteiger partial charge in [-0.15, -0.1) is 0 Å². The fourth-order valence-electron chi connectivity index (χ4n) is 3.73. The second kappa shape index (κ2) is 7.72. The van der Waals surface area contributed by atoms with Crippen LogP contribution in [0.15, 0.2) is 82.7 Å². The van der Waals surface area contributed by atoms with E-state index in [1.54, 1.807) is 65.2 Å². The van der Waals surface area contributed by atoms with Gasteiger partial charge in [0.25, 0.3) is 0 Å². The zero-order chi connectivity index (χ0) is 22.3. The van der Waals surface area contributed by atoms with Crippen LogP contribution in [0.5, 0.6) is 11.5 Å². The number of amides is 1. The minimum absolute atomic E-state index is 0.0433. The van der Waals surface area contributed by atoms with E-state index in [4.69, 9.17) is 9.47 Å². The average molecular weight is 449 g/mol. The van der Waals surface area contributed by atoms with Crippen LogP contribution in [0.3, 0.4) is 0 Å². The summed E-state index contributed by atoms with van der Waals surface area (Å²) in [5.41, 5.74) is 2.22. The van der Waals surface area contributed by atoms with Crippen LogP contribution in [-0.2, 0) is 21.2 Å². The molecule has 1 aliphatic heterocycles. The third kappa shape index (κ3) is 3.58. The highest BCUT2D eigenvalue weighted by molar-refractivity contribution is 7.91. The van der Waals surface area contributed by atoms with Crippen LogP contribution in [0.1, 0.15) is 5.56 Å². The highest BCUT2D eigenvalue weighted by Gasteiger charge is 2.24. The molecule has 5 rings (SSSR count). The number of benzene rings is 3. The number of anilines is 1. The number of para-hydroxylation sites is 1. The number of nitrogens with zero attached hydrogens (tertiary/aromatic N) is 1. The van der Waals surface area contributed by atoms with Crippen molar-refractivity contribution in [2.45, 2.75) is 23.3 Å². The summed E-state index contributed by atoms with van der Waals surface area (Å²) in [6, 6.07) is 19.1. The van der Waals surface area contributed by atoms with E-state index in [9.17, 15) is 13.2 Å². The van der Waals surface area contributed by atoms with Crippen molar-refractivity contribution in [1.82, 2.24) is 4.57 Å². The molecule has 3 aromatic carbocycles. The van der Waals surface area contributed by atoms with E-state index < -0.39 is 9.84 Å². The minimum atomic E-state index is -3.75. The zero-order valence-corrected chi connectivity index (χ0v) is 18.1. The van der Waals surface area contributed by atoms with Gasteiger partial charge in [0.2, 0.25) is 22.5 Å². The summed E-state index contributed by atoms with van der Waals surface area (Å²) in [6.07, 6.45) is 1.53. The molecule has 0 spiro atoms. The lowest BCUT2D eigenvalue weighted by atomic mass is 10.2. The maximum atomic E-state index is 13.3. The van der Waals surface area contributed by atoms with Gasteiger partial charge in [-0.25, -0.2) is 8.42 Å². The summed E-state index contributed by atoms with van der Waals surface area (Å²) in [7, 11) is -3.75. The number of carbonyl (C=O) groups excluding carboxylic acids is 1. The molecule has 0 atom stereocenters. The molecule has 4 aromatic rings. The van der Waals surface area contributed by atoms with E-state index in [0.717, 1.165) is 5.56 Å². The van der Waals surface area contributed by atoms with Crippen molar-refractivity contribution in [2.24, 2.45) is 0 Å².